The van der Waals surface area contributed by atoms with E-state index in [1.807, 2.05) is 6.08 Å². The van der Waals surface area contributed by atoms with Gasteiger partial charge in [-0.3, -0.25) is 0 Å². The fourth-order valence-corrected chi connectivity index (χ4v) is 1.74. The molecule has 0 heterocycles. The summed E-state index contributed by atoms with van der Waals surface area (Å²) in [5.41, 5.74) is 5.24. The lowest BCUT2D eigenvalue weighted by Crippen LogP contribution is -1.94. The van der Waals surface area contributed by atoms with Crippen molar-refractivity contribution in [2.45, 2.75) is 26.1 Å². The molecule has 0 unspecified atom stereocenters. The molecule has 0 aliphatic carbocycles. The molecule has 0 aliphatic rings. The highest BCUT2D eigenvalue weighted by molar-refractivity contribution is 6.17. The van der Waals surface area contributed by atoms with E-state index in [-0.39, 0.29) is 0 Å². The molecule has 0 spiro atoms. The van der Waals surface area contributed by atoms with E-state index < -0.39 is 0 Å². The van der Waals surface area contributed by atoms with Crippen LogP contribution in [0.5, 0.6) is 0 Å². The molecule has 1 heteroatoms. The van der Waals surface area contributed by atoms with Crippen LogP contribution in [0.2, 0.25) is 0 Å². The maximum absolute atomic E-state index is 5.81. The van der Waals surface area contributed by atoms with Crippen molar-refractivity contribution in [1.82, 2.24) is 0 Å². The highest BCUT2D eigenvalue weighted by Crippen LogP contribution is 2.19. The van der Waals surface area contributed by atoms with Gasteiger partial charge in [0.05, 0.1) is 0 Å². The summed E-state index contributed by atoms with van der Waals surface area (Å²) in [6, 6.07) is 4.25. The monoisotopic (exact) mass is 194 g/mol. The zero-order chi connectivity index (χ0) is 9.84. The van der Waals surface area contributed by atoms with Crippen molar-refractivity contribution in [2.24, 2.45) is 0 Å². The molecule has 1 aromatic carbocycles. The van der Waals surface area contributed by atoms with Crippen LogP contribution in [0, 0.1) is 13.8 Å². The average molecular weight is 195 g/mol. The van der Waals surface area contributed by atoms with Crippen LogP contribution in [0.1, 0.15) is 22.3 Å². The van der Waals surface area contributed by atoms with E-state index in [1.165, 1.54) is 22.3 Å². The second kappa shape index (κ2) is 4.48. The van der Waals surface area contributed by atoms with Crippen LogP contribution >= 0.6 is 11.6 Å². The highest BCUT2D eigenvalue weighted by atomic mass is 35.5. The molecule has 1 aromatic rings. The zero-order valence-corrected chi connectivity index (χ0v) is 8.99. The summed E-state index contributed by atoms with van der Waals surface area (Å²) in [6.07, 6.45) is 2.87. The van der Waals surface area contributed by atoms with E-state index in [4.69, 9.17) is 11.6 Å². The first-order chi connectivity index (χ1) is 6.20. The zero-order valence-electron chi connectivity index (χ0n) is 8.23. The summed E-state index contributed by atoms with van der Waals surface area (Å²) in [5, 5.41) is 0. The minimum Gasteiger partial charge on any atom is -0.122 e. The van der Waals surface area contributed by atoms with Crippen molar-refractivity contribution in [1.29, 1.82) is 0 Å². The number of hydrogen-bond acceptors (Lipinski definition) is 0. The molecule has 0 aliphatic heterocycles. The van der Waals surface area contributed by atoms with E-state index in [0.29, 0.717) is 5.88 Å². The first kappa shape index (κ1) is 10.3. The topological polar surface area (TPSA) is 0 Å². The molecular weight excluding hydrogens is 180 g/mol. The summed E-state index contributed by atoms with van der Waals surface area (Å²) in [6.45, 7) is 8.01. The van der Waals surface area contributed by atoms with Gasteiger partial charge in [-0.1, -0.05) is 18.2 Å². The molecule has 0 fully saturated rings. The molecule has 13 heavy (non-hydrogen) atoms. The lowest BCUT2D eigenvalue weighted by molar-refractivity contribution is 1.15. The maximum atomic E-state index is 5.81. The second-order valence-electron chi connectivity index (χ2n) is 3.26. The van der Waals surface area contributed by atoms with Gasteiger partial charge < -0.3 is 0 Å². The fraction of sp³-hybridized carbons (Fsp3) is 0.333. The Morgan fingerprint density at radius 1 is 1.23 bits per heavy atom. The van der Waals surface area contributed by atoms with Gasteiger partial charge in [0.15, 0.2) is 0 Å². The van der Waals surface area contributed by atoms with Crippen molar-refractivity contribution in [3.63, 3.8) is 0 Å². The maximum Gasteiger partial charge on any atom is 0.0476 e. The standard InChI is InChI=1S/C12H15Cl/c1-4-5-11-6-7-12(8-13)10(3)9(11)2/h4,6-7H,1,5,8H2,2-3H3. The lowest BCUT2D eigenvalue weighted by atomic mass is 9.97. The van der Waals surface area contributed by atoms with Gasteiger partial charge in [0.25, 0.3) is 0 Å². The molecule has 0 amide bonds. The van der Waals surface area contributed by atoms with Crippen molar-refractivity contribution in [3.05, 3.63) is 47.0 Å². The van der Waals surface area contributed by atoms with Gasteiger partial charge in [-0.25, -0.2) is 0 Å². The molecule has 0 saturated heterocycles. The normalized spacial score (nSPS) is 10.1. The Hall–Kier alpha value is -0.750. The van der Waals surface area contributed by atoms with Crippen LogP contribution in [0.3, 0.4) is 0 Å². The van der Waals surface area contributed by atoms with Crippen LogP contribution in [-0.2, 0) is 12.3 Å². The Kier molecular flexibility index (Phi) is 3.56. The highest BCUT2D eigenvalue weighted by Gasteiger charge is 2.03. The van der Waals surface area contributed by atoms with Gasteiger partial charge in [0.1, 0.15) is 0 Å². The van der Waals surface area contributed by atoms with Gasteiger partial charge in [-0.2, -0.15) is 0 Å². The van der Waals surface area contributed by atoms with Crippen LogP contribution in [0.25, 0.3) is 0 Å². The van der Waals surface area contributed by atoms with Crippen LogP contribution < -0.4 is 0 Å². The Morgan fingerprint density at radius 3 is 2.31 bits per heavy atom. The third-order valence-corrected chi connectivity index (χ3v) is 2.81. The van der Waals surface area contributed by atoms with Crippen LogP contribution in [0.4, 0.5) is 0 Å². The summed E-state index contributed by atoms with van der Waals surface area (Å²) < 4.78 is 0. The third kappa shape index (κ3) is 2.13. The summed E-state index contributed by atoms with van der Waals surface area (Å²) in [7, 11) is 0. The van der Waals surface area contributed by atoms with Crippen molar-refractivity contribution in [2.75, 3.05) is 0 Å². The Morgan fingerprint density at radius 2 is 1.77 bits per heavy atom. The van der Waals surface area contributed by atoms with E-state index in [2.05, 4.69) is 32.6 Å². The quantitative estimate of drug-likeness (QED) is 0.508. The number of hydrogen-bond donors (Lipinski definition) is 0. The Bertz CT molecular complexity index is 313. The fourth-order valence-electron chi connectivity index (χ4n) is 1.45. The van der Waals surface area contributed by atoms with Gasteiger partial charge in [-0.05, 0) is 42.5 Å². The van der Waals surface area contributed by atoms with Crippen LogP contribution in [0.15, 0.2) is 24.8 Å². The first-order valence-electron chi connectivity index (χ1n) is 4.45. The number of halogens is 1. The molecule has 0 aromatic heterocycles. The van der Waals surface area contributed by atoms with Crippen molar-refractivity contribution in [3.8, 4) is 0 Å². The Balaban J connectivity index is 3.14. The number of benzene rings is 1. The molecule has 1 rings (SSSR count). The SMILES string of the molecule is C=CCc1ccc(CCl)c(C)c1C. The number of rotatable bonds is 3. The first-order valence-corrected chi connectivity index (χ1v) is 4.99. The number of allylic oxidation sites excluding steroid dienone is 1. The predicted octanol–water partition coefficient (Wildman–Crippen LogP) is 3.77. The van der Waals surface area contributed by atoms with E-state index in [1.54, 1.807) is 0 Å². The van der Waals surface area contributed by atoms with E-state index in [0.717, 1.165) is 6.42 Å². The van der Waals surface area contributed by atoms with Crippen molar-refractivity contribution >= 4 is 11.6 Å². The summed E-state index contributed by atoms with van der Waals surface area (Å²) in [4.78, 5) is 0. The molecular formula is C12H15Cl. The summed E-state index contributed by atoms with van der Waals surface area (Å²) in [5.74, 6) is 0.598. The average Bonchev–Trinajstić information content (AvgIpc) is 2.14. The molecule has 0 N–H and O–H groups in total. The minimum atomic E-state index is 0.598. The lowest BCUT2D eigenvalue weighted by Gasteiger charge is -2.10. The molecule has 0 nitrogen and oxygen atoms in total. The van der Waals surface area contributed by atoms with Gasteiger partial charge in [-0.15, -0.1) is 18.2 Å². The van der Waals surface area contributed by atoms with Gasteiger partial charge in [0.2, 0.25) is 0 Å². The third-order valence-electron chi connectivity index (χ3n) is 2.52. The van der Waals surface area contributed by atoms with E-state index >= 15 is 0 Å². The van der Waals surface area contributed by atoms with Gasteiger partial charge in [0, 0.05) is 5.88 Å². The second-order valence-corrected chi connectivity index (χ2v) is 3.53. The van der Waals surface area contributed by atoms with E-state index in [9.17, 15) is 0 Å². The minimum absolute atomic E-state index is 0.598. The molecule has 0 saturated carbocycles. The largest absolute Gasteiger partial charge is 0.122 e. The number of alkyl halides is 1. The molecule has 70 valence electrons. The predicted molar refractivity (Wildman–Crippen MR) is 59.4 cm³/mol. The molecule has 0 radical (unpaired) electrons. The summed E-state index contributed by atoms with van der Waals surface area (Å²) >= 11 is 5.81. The molecule has 0 bridgehead atoms. The van der Waals surface area contributed by atoms with Crippen molar-refractivity contribution < 1.29 is 0 Å². The van der Waals surface area contributed by atoms with Crippen LogP contribution in [-0.4, -0.2) is 0 Å². The Labute approximate surface area is 85.2 Å². The smallest absolute Gasteiger partial charge is 0.0476 e. The van der Waals surface area contributed by atoms with Gasteiger partial charge >= 0.3 is 0 Å². The molecule has 0 atom stereocenters.